The molecule has 7 heteroatoms. The van der Waals surface area contributed by atoms with Gasteiger partial charge < -0.3 is 15.4 Å². The lowest BCUT2D eigenvalue weighted by molar-refractivity contribution is -0.120. The van der Waals surface area contributed by atoms with Gasteiger partial charge in [0, 0.05) is 21.4 Å². The van der Waals surface area contributed by atoms with E-state index in [-0.39, 0.29) is 18.1 Å². The number of amides is 1. The zero-order chi connectivity index (χ0) is 17.1. The van der Waals surface area contributed by atoms with Gasteiger partial charge in [-0.15, -0.1) is 0 Å². The van der Waals surface area contributed by atoms with Crippen molar-refractivity contribution in [3.8, 4) is 0 Å². The van der Waals surface area contributed by atoms with Crippen molar-refractivity contribution in [1.29, 1.82) is 0 Å². The van der Waals surface area contributed by atoms with Crippen LogP contribution in [0.4, 0.5) is 11.4 Å². The van der Waals surface area contributed by atoms with Crippen molar-refractivity contribution in [3.05, 3.63) is 70.0 Å². The molecule has 122 valence electrons. The Morgan fingerprint density at radius 2 is 1.46 bits per heavy atom. The SMILES string of the molecule is O=C1COC(Nc2ccc(Cl)cc2)=C1C(=O)Nc1ccc(Cl)cc1. The Hall–Kier alpha value is -2.50. The Balaban J connectivity index is 1.81. The van der Waals surface area contributed by atoms with E-state index in [0.717, 1.165) is 0 Å². The summed E-state index contributed by atoms with van der Waals surface area (Å²) in [5.74, 6) is -0.817. The highest BCUT2D eigenvalue weighted by molar-refractivity contribution is 6.31. The second-order valence-corrected chi connectivity index (χ2v) is 5.88. The summed E-state index contributed by atoms with van der Waals surface area (Å²) in [5.41, 5.74) is 1.13. The van der Waals surface area contributed by atoms with E-state index in [1.165, 1.54) is 0 Å². The van der Waals surface area contributed by atoms with Gasteiger partial charge in [0.1, 0.15) is 5.57 Å². The first-order valence-corrected chi connectivity index (χ1v) is 7.78. The van der Waals surface area contributed by atoms with Gasteiger partial charge in [0.05, 0.1) is 0 Å². The van der Waals surface area contributed by atoms with Crippen LogP contribution in [0, 0.1) is 0 Å². The highest BCUT2D eigenvalue weighted by Gasteiger charge is 2.31. The molecule has 1 amide bonds. The van der Waals surface area contributed by atoms with Gasteiger partial charge in [0.15, 0.2) is 6.61 Å². The molecule has 1 aliphatic heterocycles. The van der Waals surface area contributed by atoms with Gasteiger partial charge in [-0.2, -0.15) is 0 Å². The number of hydrogen-bond acceptors (Lipinski definition) is 4. The molecule has 2 N–H and O–H groups in total. The van der Waals surface area contributed by atoms with Crippen LogP contribution in [0.3, 0.4) is 0 Å². The first-order chi connectivity index (χ1) is 11.5. The van der Waals surface area contributed by atoms with Crippen LogP contribution in [-0.4, -0.2) is 18.3 Å². The summed E-state index contributed by atoms with van der Waals surface area (Å²) >= 11 is 11.6. The third kappa shape index (κ3) is 3.69. The number of hydrogen-bond donors (Lipinski definition) is 2. The fourth-order valence-electron chi connectivity index (χ4n) is 2.13. The van der Waals surface area contributed by atoms with Crippen molar-refractivity contribution in [2.24, 2.45) is 0 Å². The topological polar surface area (TPSA) is 67.4 Å². The molecule has 0 atom stereocenters. The first kappa shape index (κ1) is 16.4. The standard InChI is InChI=1S/C17H12Cl2N2O3/c18-10-1-5-12(6-2-10)20-16(23)15-14(22)9-24-17(15)21-13-7-3-11(19)4-8-13/h1-8,21H,9H2,(H,20,23). The van der Waals surface area contributed by atoms with Gasteiger partial charge in [-0.05, 0) is 48.5 Å². The van der Waals surface area contributed by atoms with E-state index in [9.17, 15) is 9.59 Å². The zero-order valence-corrected chi connectivity index (χ0v) is 13.8. The molecule has 0 saturated carbocycles. The summed E-state index contributed by atoms with van der Waals surface area (Å²) in [7, 11) is 0. The summed E-state index contributed by atoms with van der Waals surface area (Å²) in [4.78, 5) is 24.4. The molecule has 1 aliphatic rings. The van der Waals surface area contributed by atoms with E-state index in [0.29, 0.717) is 21.4 Å². The van der Waals surface area contributed by atoms with E-state index in [2.05, 4.69) is 10.6 Å². The number of Topliss-reactive ketones (excluding diaryl/α,β-unsaturated/α-hetero) is 1. The molecule has 0 aliphatic carbocycles. The third-order valence-corrected chi connectivity index (χ3v) is 3.79. The molecule has 2 aromatic carbocycles. The normalized spacial score (nSPS) is 13.7. The highest BCUT2D eigenvalue weighted by atomic mass is 35.5. The van der Waals surface area contributed by atoms with Crippen molar-refractivity contribution in [2.45, 2.75) is 0 Å². The predicted octanol–water partition coefficient (Wildman–Crippen LogP) is 3.85. The maximum atomic E-state index is 12.4. The van der Waals surface area contributed by atoms with Crippen LogP contribution in [0.15, 0.2) is 60.0 Å². The van der Waals surface area contributed by atoms with E-state index in [4.69, 9.17) is 27.9 Å². The minimum absolute atomic E-state index is 0.0556. The van der Waals surface area contributed by atoms with E-state index >= 15 is 0 Å². The molecular formula is C17H12Cl2N2O3. The van der Waals surface area contributed by atoms with E-state index in [1.54, 1.807) is 48.5 Å². The van der Waals surface area contributed by atoms with Crippen LogP contribution in [-0.2, 0) is 14.3 Å². The maximum Gasteiger partial charge on any atom is 0.264 e. The van der Waals surface area contributed by atoms with Gasteiger partial charge in [0.25, 0.3) is 5.91 Å². The number of ketones is 1. The van der Waals surface area contributed by atoms with Crippen LogP contribution in [0.5, 0.6) is 0 Å². The Bertz CT molecular complexity index is 815. The number of ether oxygens (including phenoxy) is 1. The molecule has 0 aromatic heterocycles. The quantitative estimate of drug-likeness (QED) is 0.810. The second kappa shape index (κ2) is 6.95. The Morgan fingerprint density at radius 1 is 0.917 bits per heavy atom. The molecule has 5 nitrogen and oxygen atoms in total. The highest BCUT2D eigenvalue weighted by Crippen LogP contribution is 2.22. The number of rotatable bonds is 4. The Kier molecular flexibility index (Phi) is 4.74. The summed E-state index contributed by atoms with van der Waals surface area (Å²) in [6, 6.07) is 13.4. The van der Waals surface area contributed by atoms with Crippen molar-refractivity contribution < 1.29 is 14.3 Å². The van der Waals surface area contributed by atoms with Gasteiger partial charge in [-0.1, -0.05) is 23.2 Å². The smallest absolute Gasteiger partial charge is 0.264 e. The van der Waals surface area contributed by atoms with E-state index < -0.39 is 11.7 Å². The average Bonchev–Trinajstić information content (AvgIpc) is 2.92. The molecule has 24 heavy (non-hydrogen) atoms. The minimum atomic E-state index is -0.545. The number of halogens is 2. The minimum Gasteiger partial charge on any atom is -0.470 e. The molecule has 3 rings (SSSR count). The monoisotopic (exact) mass is 362 g/mol. The summed E-state index contributed by atoms with van der Waals surface area (Å²) in [5, 5.41) is 6.70. The molecule has 0 saturated heterocycles. The predicted molar refractivity (Wildman–Crippen MR) is 93.1 cm³/mol. The lowest BCUT2D eigenvalue weighted by Crippen LogP contribution is -2.21. The molecule has 0 radical (unpaired) electrons. The molecular weight excluding hydrogens is 351 g/mol. The van der Waals surface area contributed by atoms with Crippen LogP contribution < -0.4 is 10.6 Å². The summed E-state index contributed by atoms with van der Waals surface area (Å²) in [6.07, 6.45) is 0. The summed E-state index contributed by atoms with van der Waals surface area (Å²) in [6.45, 7) is -0.181. The van der Waals surface area contributed by atoms with Gasteiger partial charge in [-0.25, -0.2) is 0 Å². The van der Waals surface area contributed by atoms with Gasteiger partial charge in [-0.3, -0.25) is 9.59 Å². The molecule has 0 spiro atoms. The van der Waals surface area contributed by atoms with Crippen molar-refractivity contribution in [1.82, 2.24) is 0 Å². The van der Waals surface area contributed by atoms with Gasteiger partial charge >= 0.3 is 0 Å². The number of carbonyl (C=O) groups excluding carboxylic acids is 2. The van der Waals surface area contributed by atoms with Crippen LogP contribution in [0.1, 0.15) is 0 Å². The van der Waals surface area contributed by atoms with Crippen molar-refractivity contribution in [3.63, 3.8) is 0 Å². The number of nitrogens with one attached hydrogen (secondary N) is 2. The molecule has 1 heterocycles. The van der Waals surface area contributed by atoms with Crippen molar-refractivity contribution >= 4 is 46.3 Å². The largest absolute Gasteiger partial charge is 0.470 e. The fraction of sp³-hybridized carbons (Fsp3) is 0.0588. The van der Waals surface area contributed by atoms with Crippen LogP contribution in [0.2, 0.25) is 10.0 Å². The third-order valence-electron chi connectivity index (χ3n) is 3.28. The first-order valence-electron chi connectivity index (χ1n) is 7.03. The van der Waals surface area contributed by atoms with E-state index in [1.807, 2.05) is 0 Å². The lowest BCUT2D eigenvalue weighted by atomic mass is 10.2. The molecule has 0 fully saturated rings. The number of carbonyl (C=O) groups is 2. The Labute approximate surface area is 148 Å². The number of benzene rings is 2. The molecule has 0 unspecified atom stereocenters. The maximum absolute atomic E-state index is 12.4. The molecule has 2 aromatic rings. The fourth-order valence-corrected chi connectivity index (χ4v) is 2.38. The number of anilines is 2. The zero-order valence-electron chi connectivity index (χ0n) is 12.3. The second-order valence-electron chi connectivity index (χ2n) is 5.01. The van der Waals surface area contributed by atoms with Crippen LogP contribution in [0.25, 0.3) is 0 Å². The summed E-state index contributed by atoms with van der Waals surface area (Å²) < 4.78 is 5.29. The van der Waals surface area contributed by atoms with Gasteiger partial charge in [0.2, 0.25) is 11.7 Å². The Morgan fingerprint density at radius 3 is 2.04 bits per heavy atom. The van der Waals surface area contributed by atoms with Crippen LogP contribution >= 0.6 is 23.2 Å². The van der Waals surface area contributed by atoms with Crippen molar-refractivity contribution in [2.75, 3.05) is 17.2 Å². The lowest BCUT2D eigenvalue weighted by Gasteiger charge is -2.09. The average molecular weight is 363 g/mol. The molecule has 0 bridgehead atoms.